The van der Waals surface area contributed by atoms with Gasteiger partial charge < -0.3 is 9.64 Å². The highest BCUT2D eigenvalue weighted by Crippen LogP contribution is 2.29. The summed E-state index contributed by atoms with van der Waals surface area (Å²) >= 11 is 0. The van der Waals surface area contributed by atoms with E-state index in [1.165, 1.54) is 0 Å². The van der Waals surface area contributed by atoms with Crippen molar-refractivity contribution in [3.8, 4) is 5.88 Å². The number of hydrogen-bond acceptors (Lipinski definition) is 4. The van der Waals surface area contributed by atoms with Crippen LogP contribution < -0.4 is 9.64 Å². The lowest BCUT2D eigenvalue weighted by atomic mass is 10.00. The number of rotatable bonds is 3. The van der Waals surface area contributed by atoms with Crippen LogP contribution in [0.15, 0.2) is 42.6 Å². The van der Waals surface area contributed by atoms with Crippen LogP contribution in [0.2, 0.25) is 0 Å². The maximum atomic E-state index is 11.9. The first-order valence-corrected chi connectivity index (χ1v) is 6.64. The molecule has 102 valence electrons. The number of ketones is 1. The largest absolute Gasteiger partial charge is 0.481 e. The number of hydrogen-bond donors (Lipinski definition) is 0. The molecule has 0 spiro atoms. The molecule has 20 heavy (non-hydrogen) atoms. The molecule has 2 heterocycles. The Bertz CT molecular complexity index is 640. The Labute approximate surface area is 118 Å². The zero-order valence-electron chi connectivity index (χ0n) is 11.4. The molecule has 4 nitrogen and oxygen atoms in total. The monoisotopic (exact) mass is 268 g/mol. The number of para-hydroxylation sites is 1. The van der Waals surface area contributed by atoms with E-state index in [0.717, 1.165) is 23.4 Å². The number of Topliss-reactive ketones (excluding diaryl/α,β-unsaturated/α-hetero) is 1. The van der Waals surface area contributed by atoms with E-state index in [1.54, 1.807) is 13.3 Å². The minimum atomic E-state index is 0.218. The smallest absolute Gasteiger partial charge is 0.218 e. The molecular formula is C16H16N2O2. The van der Waals surface area contributed by atoms with Gasteiger partial charge in [0, 0.05) is 42.5 Å². The lowest BCUT2D eigenvalue weighted by Gasteiger charge is -2.30. The molecule has 0 unspecified atom stereocenters. The summed E-state index contributed by atoms with van der Waals surface area (Å²) in [4.78, 5) is 18.4. The van der Waals surface area contributed by atoms with E-state index in [0.29, 0.717) is 18.8 Å². The van der Waals surface area contributed by atoms with E-state index in [2.05, 4.69) is 9.88 Å². The summed E-state index contributed by atoms with van der Waals surface area (Å²) in [7, 11) is 1.62. The molecule has 0 radical (unpaired) electrons. The van der Waals surface area contributed by atoms with E-state index in [4.69, 9.17) is 4.74 Å². The van der Waals surface area contributed by atoms with Crippen molar-refractivity contribution in [1.29, 1.82) is 0 Å². The predicted molar refractivity (Wildman–Crippen MR) is 77.2 cm³/mol. The lowest BCUT2D eigenvalue weighted by molar-refractivity contribution is 0.0979. The zero-order valence-corrected chi connectivity index (χ0v) is 11.4. The molecule has 0 fully saturated rings. The fourth-order valence-electron chi connectivity index (χ4n) is 2.57. The van der Waals surface area contributed by atoms with Gasteiger partial charge in [-0.2, -0.15) is 0 Å². The third kappa shape index (κ3) is 2.25. The highest BCUT2D eigenvalue weighted by Gasteiger charge is 2.23. The average Bonchev–Trinajstić information content (AvgIpc) is 2.51. The molecule has 1 aromatic carbocycles. The lowest BCUT2D eigenvalue weighted by Crippen LogP contribution is -2.31. The molecular weight excluding hydrogens is 252 g/mol. The van der Waals surface area contributed by atoms with Crippen LogP contribution in [0.4, 0.5) is 5.69 Å². The minimum absolute atomic E-state index is 0.218. The summed E-state index contributed by atoms with van der Waals surface area (Å²) in [6.45, 7) is 1.43. The minimum Gasteiger partial charge on any atom is -0.481 e. The molecule has 0 amide bonds. The Morgan fingerprint density at radius 1 is 1.25 bits per heavy atom. The number of nitrogens with zero attached hydrogens (tertiary/aromatic N) is 2. The van der Waals surface area contributed by atoms with Crippen LogP contribution >= 0.6 is 0 Å². The van der Waals surface area contributed by atoms with Gasteiger partial charge in [-0.05, 0) is 18.2 Å². The average molecular weight is 268 g/mol. The topological polar surface area (TPSA) is 42.4 Å². The maximum absolute atomic E-state index is 11.9. The van der Waals surface area contributed by atoms with Crippen LogP contribution in [0, 0.1) is 0 Å². The predicted octanol–water partition coefficient (Wildman–Crippen LogP) is 2.68. The van der Waals surface area contributed by atoms with Crippen molar-refractivity contribution in [2.75, 3.05) is 18.6 Å². The molecule has 1 aliphatic rings. The van der Waals surface area contributed by atoms with Crippen molar-refractivity contribution < 1.29 is 9.53 Å². The van der Waals surface area contributed by atoms with E-state index >= 15 is 0 Å². The van der Waals surface area contributed by atoms with Gasteiger partial charge in [-0.3, -0.25) is 4.79 Å². The Kier molecular flexibility index (Phi) is 3.37. The summed E-state index contributed by atoms with van der Waals surface area (Å²) < 4.78 is 5.29. The van der Waals surface area contributed by atoms with Crippen LogP contribution in [0.25, 0.3) is 0 Å². The molecule has 3 rings (SSSR count). The van der Waals surface area contributed by atoms with E-state index in [9.17, 15) is 4.79 Å². The van der Waals surface area contributed by atoms with Crippen LogP contribution in [0.1, 0.15) is 22.3 Å². The second kappa shape index (κ2) is 5.33. The fraction of sp³-hybridized carbons (Fsp3) is 0.250. The van der Waals surface area contributed by atoms with Gasteiger partial charge in [-0.15, -0.1) is 0 Å². The number of pyridine rings is 1. The molecule has 0 atom stereocenters. The highest BCUT2D eigenvalue weighted by molar-refractivity contribution is 6.03. The van der Waals surface area contributed by atoms with E-state index < -0.39 is 0 Å². The molecule has 0 bridgehead atoms. The third-order valence-electron chi connectivity index (χ3n) is 3.56. The summed E-state index contributed by atoms with van der Waals surface area (Å²) in [5, 5.41) is 0. The van der Waals surface area contributed by atoms with Gasteiger partial charge in [0.15, 0.2) is 5.78 Å². The van der Waals surface area contributed by atoms with Gasteiger partial charge in [0.2, 0.25) is 5.88 Å². The van der Waals surface area contributed by atoms with Crippen molar-refractivity contribution in [3.05, 3.63) is 53.7 Å². The van der Waals surface area contributed by atoms with Crippen molar-refractivity contribution in [2.45, 2.75) is 13.0 Å². The molecule has 0 aliphatic carbocycles. The third-order valence-corrected chi connectivity index (χ3v) is 3.56. The Balaban J connectivity index is 1.93. The maximum Gasteiger partial charge on any atom is 0.218 e. The normalized spacial score (nSPS) is 14.1. The van der Waals surface area contributed by atoms with Crippen molar-refractivity contribution in [3.63, 3.8) is 0 Å². The van der Waals surface area contributed by atoms with Crippen molar-refractivity contribution >= 4 is 11.5 Å². The first kappa shape index (κ1) is 12.7. The number of carbonyl (C=O) groups is 1. The number of carbonyl (C=O) groups excluding carboxylic acids is 1. The van der Waals surface area contributed by atoms with E-state index in [1.807, 2.05) is 36.4 Å². The van der Waals surface area contributed by atoms with Gasteiger partial charge in [0.25, 0.3) is 0 Å². The van der Waals surface area contributed by atoms with Gasteiger partial charge >= 0.3 is 0 Å². The van der Waals surface area contributed by atoms with Crippen LogP contribution in [-0.2, 0) is 6.54 Å². The summed E-state index contributed by atoms with van der Waals surface area (Å²) in [6.07, 6.45) is 2.27. The molecule has 0 N–H and O–H groups in total. The molecule has 1 aromatic heterocycles. The van der Waals surface area contributed by atoms with Crippen LogP contribution in [0.3, 0.4) is 0 Å². The second-order valence-corrected chi connectivity index (χ2v) is 4.78. The van der Waals surface area contributed by atoms with Crippen LogP contribution in [0.5, 0.6) is 5.88 Å². The van der Waals surface area contributed by atoms with Gasteiger partial charge in [-0.1, -0.05) is 18.2 Å². The Morgan fingerprint density at radius 3 is 2.95 bits per heavy atom. The zero-order chi connectivity index (χ0) is 13.9. The summed E-state index contributed by atoms with van der Waals surface area (Å²) in [5.74, 6) is 0.858. The summed E-state index contributed by atoms with van der Waals surface area (Å²) in [5.41, 5.74) is 2.83. The molecule has 2 aromatic rings. The number of aromatic nitrogens is 1. The van der Waals surface area contributed by atoms with Crippen molar-refractivity contribution in [2.24, 2.45) is 0 Å². The number of fused-ring (bicyclic) bond motifs is 1. The van der Waals surface area contributed by atoms with Gasteiger partial charge in [-0.25, -0.2) is 4.98 Å². The first-order chi connectivity index (χ1) is 9.79. The van der Waals surface area contributed by atoms with E-state index in [-0.39, 0.29) is 5.78 Å². The molecule has 1 aliphatic heterocycles. The molecule has 4 heteroatoms. The summed E-state index contributed by atoms with van der Waals surface area (Å²) in [6, 6.07) is 11.7. The Hall–Kier alpha value is -2.36. The van der Waals surface area contributed by atoms with Crippen LogP contribution in [-0.4, -0.2) is 24.4 Å². The number of anilines is 1. The standard InChI is InChI=1S/C16H16N2O2/c1-20-16-12(5-4-9-17-16)11-18-10-8-15(19)13-6-2-3-7-14(13)18/h2-7,9H,8,10-11H2,1H3. The number of ether oxygens (including phenoxy) is 1. The number of benzene rings is 1. The quantitative estimate of drug-likeness (QED) is 0.858. The molecule has 0 saturated carbocycles. The van der Waals surface area contributed by atoms with Crippen molar-refractivity contribution in [1.82, 2.24) is 4.98 Å². The highest BCUT2D eigenvalue weighted by atomic mass is 16.5. The first-order valence-electron chi connectivity index (χ1n) is 6.64. The second-order valence-electron chi connectivity index (χ2n) is 4.78. The Morgan fingerprint density at radius 2 is 2.10 bits per heavy atom. The van der Waals surface area contributed by atoms with Gasteiger partial charge in [0.1, 0.15) is 0 Å². The van der Waals surface area contributed by atoms with Gasteiger partial charge in [0.05, 0.1) is 7.11 Å². The fourth-order valence-corrected chi connectivity index (χ4v) is 2.57. The SMILES string of the molecule is COc1ncccc1CN1CCC(=O)c2ccccc21. The number of methoxy groups -OCH3 is 1. The molecule has 0 saturated heterocycles.